The van der Waals surface area contributed by atoms with Crippen LogP contribution < -0.4 is 10.5 Å². The average Bonchev–Trinajstić information content (AvgIpc) is 2.78. The van der Waals surface area contributed by atoms with Crippen molar-refractivity contribution in [1.82, 2.24) is 29.6 Å². The van der Waals surface area contributed by atoms with Gasteiger partial charge in [0.1, 0.15) is 11.3 Å². The molecule has 0 spiro atoms. The number of rotatable bonds is 4. The Morgan fingerprint density at radius 2 is 1.90 bits per heavy atom. The lowest BCUT2D eigenvalue weighted by Crippen LogP contribution is -2.48. The van der Waals surface area contributed by atoms with E-state index >= 15 is 0 Å². The largest absolute Gasteiger partial charge is 0.354 e. The summed E-state index contributed by atoms with van der Waals surface area (Å²) in [5, 5.41) is 4.62. The number of hydrogen-bond donors (Lipinski definition) is 0. The van der Waals surface area contributed by atoms with Gasteiger partial charge in [0.05, 0.1) is 12.2 Å². The molecule has 3 aromatic rings. The van der Waals surface area contributed by atoms with E-state index in [0.29, 0.717) is 12.2 Å². The molecule has 29 heavy (non-hydrogen) atoms. The predicted octanol–water partition coefficient (Wildman–Crippen LogP) is 1.19. The Balaban J connectivity index is 1.19. The molecule has 0 saturated carbocycles. The second kappa shape index (κ2) is 8.08. The van der Waals surface area contributed by atoms with Gasteiger partial charge in [-0.2, -0.15) is 16.9 Å². The van der Waals surface area contributed by atoms with Gasteiger partial charge in [-0.15, -0.1) is 0 Å². The molecule has 9 heteroatoms. The molecule has 5 rings (SSSR count). The van der Waals surface area contributed by atoms with E-state index in [-0.39, 0.29) is 5.56 Å². The fourth-order valence-electron chi connectivity index (χ4n) is 3.87. The zero-order valence-electron chi connectivity index (χ0n) is 16.2. The number of thioether (sulfide) groups is 1. The highest BCUT2D eigenvalue weighted by atomic mass is 32.2. The van der Waals surface area contributed by atoms with E-state index in [1.807, 2.05) is 23.9 Å². The third kappa shape index (κ3) is 3.97. The smallest absolute Gasteiger partial charge is 0.267 e. The van der Waals surface area contributed by atoms with Crippen LogP contribution in [0.2, 0.25) is 0 Å². The Bertz CT molecular complexity index is 1080. The van der Waals surface area contributed by atoms with Crippen LogP contribution in [0, 0.1) is 0 Å². The summed E-state index contributed by atoms with van der Waals surface area (Å²) < 4.78 is 1.64. The van der Waals surface area contributed by atoms with Crippen LogP contribution in [0.3, 0.4) is 0 Å². The summed E-state index contributed by atoms with van der Waals surface area (Å²) in [5.74, 6) is 2.95. The van der Waals surface area contributed by atoms with Crippen molar-refractivity contribution in [2.24, 2.45) is 0 Å². The maximum atomic E-state index is 12.4. The summed E-state index contributed by atoms with van der Waals surface area (Å²) in [6, 6.07) is 5.77. The first-order valence-corrected chi connectivity index (χ1v) is 11.1. The number of anilines is 1. The highest BCUT2D eigenvalue weighted by molar-refractivity contribution is 7.98. The number of aryl methyl sites for hydroxylation is 1. The van der Waals surface area contributed by atoms with Crippen LogP contribution >= 0.6 is 11.8 Å². The molecule has 0 aliphatic carbocycles. The van der Waals surface area contributed by atoms with Crippen molar-refractivity contribution >= 4 is 28.7 Å². The number of aromatic nitrogens is 5. The van der Waals surface area contributed by atoms with Gasteiger partial charge >= 0.3 is 0 Å². The Labute approximate surface area is 173 Å². The second-order valence-corrected chi connectivity index (χ2v) is 8.48. The molecule has 0 aromatic carbocycles. The summed E-state index contributed by atoms with van der Waals surface area (Å²) >= 11 is 1.87. The fourth-order valence-corrected chi connectivity index (χ4v) is 4.82. The normalized spacial score (nSPS) is 17.4. The first kappa shape index (κ1) is 18.5. The number of fused-ring (bicyclic) bond motifs is 2. The van der Waals surface area contributed by atoms with E-state index in [2.05, 4.69) is 29.9 Å². The summed E-state index contributed by atoms with van der Waals surface area (Å²) in [6.45, 7) is 5.17. The number of piperazine rings is 1. The molecule has 1 saturated heterocycles. The SMILES string of the molecule is O=c1cc2c(nn1CCN1CCN(c3ccc4nccnc4n3)CC1)CCSC2. The Hall–Kier alpha value is -2.52. The summed E-state index contributed by atoms with van der Waals surface area (Å²) in [4.78, 5) is 30.3. The van der Waals surface area contributed by atoms with E-state index in [1.54, 1.807) is 23.1 Å². The minimum atomic E-state index is 0.0198. The third-order valence-electron chi connectivity index (χ3n) is 5.55. The first-order chi connectivity index (χ1) is 14.3. The Kier molecular flexibility index (Phi) is 5.15. The van der Waals surface area contributed by atoms with Gasteiger partial charge < -0.3 is 4.90 Å². The van der Waals surface area contributed by atoms with Gasteiger partial charge in [-0.25, -0.2) is 14.6 Å². The zero-order chi connectivity index (χ0) is 19.6. The van der Waals surface area contributed by atoms with Crippen LogP contribution in [0.1, 0.15) is 11.3 Å². The molecular formula is C20H23N7OS. The minimum absolute atomic E-state index is 0.0198. The molecule has 2 aliphatic rings. The Morgan fingerprint density at radius 1 is 1.03 bits per heavy atom. The topological polar surface area (TPSA) is 80.0 Å². The van der Waals surface area contributed by atoms with Crippen LogP contribution in [-0.4, -0.2) is 68.1 Å². The molecule has 0 amide bonds. The molecule has 0 unspecified atom stereocenters. The molecule has 0 bridgehead atoms. The lowest BCUT2D eigenvalue weighted by molar-refractivity contribution is 0.242. The Morgan fingerprint density at radius 3 is 2.79 bits per heavy atom. The van der Waals surface area contributed by atoms with E-state index in [0.717, 1.165) is 73.2 Å². The lowest BCUT2D eigenvalue weighted by Gasteiger charge is -2.35. The zero-order valence-corrected chi connectivity index (χ0v) is 17.0. The van der Waals surface area contributed by atoms with Gasteiger partial charge in [-0.3, -0.25) is 14.7 Å². The third-order valence-corrected chi connectivity index (χ3v) is 6.55. The van der Waals surface area contributed by atoms with Crippen molar-refractivity contribution in [2.45, 2.75) is 18.7 Å². The van der Waals surface area contributed by atoms with Gasteiger partial charge in [-0.1, -0.05) is 0 Å². The van der Waals surface area contributed by atoms with Gasteiger partial charge in [0.15, 0.2) is 5.65 Å². The molecule has 1 fully saturated rings. The van der Waals surface area contributed by atoms with E-state index < -0.39 is 0 Å². The molecule has 150 valence electrons. The van der Waals surface area contributed by atoms with Crippen molar-refractivity contribution in [1.29, 1.82) is 0 Å². The predicted molar refractivity (Wildman–Crippen MR) is 114 cm³/mol. The standard InChI is InChI=1S/C20H23N7OS/c28-19-13-15-14-29-12-3-16(15)24-27(19)11-8-25-6-9-26(10-7-25)18-2-1-17-20(23-18)22-5-4-21-17/h1-2,4-5,13H,3,6-12,14H2. The number of pyridine rings is 1. The van der Waals surface area contributed by atoms with Crippen LogP contribution in [-0.2, 0) is 18.7 Å². The van der Waals surface area contributed by atoms with Crippen LogP contribution in [0.15, 0.2) is 35.4 Å². The summed E-state index contributed by atoms with van der Waals surface area (Å²) in [6.07, 6.45) is 4.32. The van der Waals surface area contributed by atoms with Crippen molar-refractivity contribution in [3.63, 3.8) is 0 Å². The summed E-state index contributed by atoms with van der Waals surface area (Å²) in [7, 11) is 0. The van der Waals surface area contributed by atoms with Gasteiger partial charge in [0.2, 0.25) is 0 Å². The van der Waals surface area contributed by atoms with Crippen molar-refractivity contribution in [3.05, 3.63) is 52.2 Å². The molecule has 0 radical (unpaired) electrons. The molecule has 0 atom stereocenters. The monoisotopic (exact) mass is 409 g/mol. The molecule has 8 nitrogen and oxygen atoms in total. The van der Waals surface area contributed by atoms with Crippen LogP contribution in [0.5, 0.6) is 0 Å². The highest BCUT2D eigenvalue weighted by Gasteiger charge is 2.19. The lowest BCUT2D eigenvalue weighted by atomic mass is 10.2. The molecule has 3 aromatic heterocycles. The van der Waals surface area contributed by atoms with Crippen molar-refractivity contribution in [3.8, 4) is 0 Å². The fraction of sp³-hybridized carbons (Fsp3) is 0.450. The minimum Gasteiger partial charge on any atom is -0.354 e. The highest BCUT2D eigenvalue weighted by Crippen LogP contribution is 2.21. The summed E-state index contributed by atoms with van der Waals surface area (Å²) in [5.41, 5.74) is 3.73. The van der Waals surface area contributed by atoms with Gasteiger partial charge in [0.25, 0.3) is 5.56 Å². The quantitative estimate of drug-likeness (QED) is 0.636. The average molecular weight is 410 g/mol. The number of nitrogens with zero attached hydrogens (tertiary/aromatic N) is 7. The van der Waals surface area contributed by atoms with E-state index in [1.165, 1.54) is 0 Å². The van der Waals surface area contributed by atoms with Gasteiger partial charge in [0, 0.05) is 63.4 Å². The molecule has 5 heterocycles. The maximum absolute atomic E-state index is 12.4. The van der Waals surface area contributed by atoms with Crippen molar-refractivity contribution < 1.29 is 0 Å². The second-order valence-electron chi connectivity index (χ2n) is 7.38. The molecule has 0 N–H and O–H groups in total. The van der Waals surface area contributed by atoms with Crippen molar-refractivity contribution in [2.75, 3.05) is 43.4 Å². The van der Waals surface area contributed by atoms with Crippen LogP contribution in [0.25, 0.3) is 11.2 Å². The first-order valence-electron chi connectivity index (χ1n) is 9.99. The molecule has 2 aliphatic heterocycles. The van der Waals surface area contributed by atoms with Gasteiger partial charge in [-0.05, 0) is 23.4 Å². The maximum Gasteiger partial charge on any atom is 0.267 e. The van der Waals surface area contributed by atoms with E-state index in [4.69, 9.17) is 0 Å². The molecular weight excluding hydrogens is 386 g/mol. The number of hydrogen-bond acceptors (Lipinski definition) is 8. The van der Waals surface area contributed by atoms with E-state index in [9.17, 15) is 4.79 Å². The van der Waals surface area contributed by atoms with Crippen LogP contribution in [0.4, 0.5) is 5.82 Å².